The predicted molar refractivity (Wildman–Crippen MR) is 68.3 cm³/mol. The lowest BCUT2D eigenvalue weighted by Crippen LogP contribution is -2.12. The minimum absolute atomic E-state index is 0.195. The summed E-state index contributed by atoms with van der Waals surface area (Å²) < 4.78 is 0. The van der Waals surface area contributed by atoms with Crippen LogP contribution in [0.1, 0.15) is 38.5 Å². The normalized spacial score (nSPS) is 35.1. The van der Waals surface area contributed by atoms with E-state index in [1.54, 1.807) is 5.30 Å². The summed E-state index contributed by atoms with van der Waals surface area (Å²) in [6, 6.07) is 11.4. The van der Waals surface area contributed by atoms with Gasteiger partial charge in [0.25, 0.3) is 0 Å². The van der Waals surface area contributed by atoms with Crippen LogP contribution < -0.4 is 5.30 Å². The van der Waals surface area contributed by atoms with Gasteiger partial charge in [-0.25, -0.2) is 0 Å². The molecule has 2 aliphatic heterocycles. The van der Waals surface area contributed by atoms with Gasteiger partial charge in [-0.1, -0.05) is 51.1 Å². The molecular formula is C14H19P. The molecule has 0 spiro atoms. The third-order valence-electron chi connectivity index (χ3n) is 4.00. The van der Waals surface area contributed by atoms with Gasteiger partial charge in [-0.2, -0.15) is 0 Å². The average molecular weight is 218 g/mol. The number of benzene rings is 1. The fourth-order valence-corrected chi connectivity index (χ4v) is 7.04. The molecule has 0 aromatic heterocycles. The number of hydrogen-bond donors (Lipinski definition) is 0. The van der Waals surface area contributed by atoms with Gasteiger partial charge in [-0.3, -0.25) is 0 Å². The first kappa shape index (κ1) is 9.85. The highest BCUT2D eigenvalue weighted by Crippen LogP contribution is 2.59. The van der Waals surface area contributed by atoms with E-state index in [-0.39, 0.29) is 7.92 Å². The van der Waals surface area contributed by atoms with Crippen LogP contribution in [0.15, 0.2) is 30.3 Å². The maximum atomic E-state index is 2.38. The largest absolute Gasteiger partial charge is 0.0690 e. The Morgan fingerprint density at radius 1 is 0.800 bits per heavy atom. The molecule has 2 bridgehead atoms. The van der Waals surface area contributed by atoms with E-state index in [2.05, 4.69) is 30.3 Å². The lowest BCUT2D eigenvalue weighted by atomic mass is 10.0. The van der Waals surface area contributed by atoms with Gasteiger partial charge < -0.3 is 0 Å². The van der Waals surface area contributed by atoms with Crippen molar-refractivity contribution in [2.75, 3.05) is 0 Å². The number of rotatable bonds is 1. The van der Waals surface area contributed by atoms with Gasteiger partial charge in [0.15, 0.2) is 0 Å². The molecule has 2 fully saturated rings. The molecule has 0 saturated carbocycles. The molecule has 80 valence electrons. The third kappa shape index (κ3) is 1.85. The number of hydrogen-bond acceptors (Lipinski definition) is 0. The Labute approximate surface area is 93.8 Å². The van der Waals surface area contributed by atoms with Crippen molar-refractivity contribution in [2.45, 2.75) is 49.8 Å². The molecule has 2 atom stereocenters. The summed E-state index contributed by atoms with van der Waals surface area (Å²) in [5, 5.41) is 1.68. The summed E-state index contributed by atoms with van der Waals surface area (Å²) in [5.41, 5.74) is 2.13. The predicted octanol–water partition coefficient (Wildman–Crippen LogP) is 3.90. The van der Waals surface area contributed by atoms with Crippen molar-refractivity contribution in [2.24, 2.45) is 0 Å². The lowest BCUT2D eigenvalue weighted by molar-refractivity contribution is 0.556. The fraction of sp³-hybridized carbons (Fsp3) is 0.571. The van der Waals surface area contributed by atoms with Gasteiger partial charge in [0, 0.05) is 0 Å². The van der Waals surface area contributed by atoms with Crippen molar-refractivity contribution in [1.82, 2.24) is 0 Å². The lowest BCUT2D eigenvalue weighted by Gasteiger charge is -2.23. The molecule has 1 aromatic carbocycles. The highest BCUT2D eigenvalue weighted by atomic mass is 31.1. The van der Waals surface area contributed by atoms with Gasteiger partial charge in [0.1, 0.15) is 0 Å². The van der Waals surface area contributed by atoms with Crippen LogP contribution in [0.5, 0.6) is 0 Å². The molecule has 1 heteroatoms. The van der Waals surface area contributed by atoms with E-state index in [0.29, 0.717) is 0 Å². The second-order valence-electron chi connectivity index (χ2n) is 4.91. The molecule has 2 aliphatic rings. The van der Waals surface area contributed by atoms with Crippen molar-refractivity contribution < 1.29 is 0 Å². The van der Waals surface area contributed by atoms with Crippen LogP contribution in [0.3, 0.4) is 0 Å². The smallest absolute Gasteiger partial charge is 0.0166 e. The summed E-state index contributed by atoms with van der Waals surface area (Å²) in [7, 11) is 0.195. The SMILES string of the molecule is c1ccc(P2C3CCCCC2CC3)cc1. The highest BCUT2D eigenvalue weighted by Gasteiger charge is 2.37. The van der Waals surface area contributed by atoms with Crippen LogP contribution in [0.4, 0.5) is 0 Å². The fourth-order valence-electron chi connectivity index (χ4n) is 3.31. The van der Waals surface area contributed by atoms with Crippen LogP contribution in [0, 0.1) is 0 Å². The van der Waals surface area contributed by atoms with Crippen molar-refractivity contribution in [3.05, 3.63) is 30.3 Å². The first-order chi connectivity index (χ1) is 7.45. The Hall–Kier alpha value is -0.350. The van der Waals surface area contributed by atoms with Gasteiger partial charge in [-0.05, 0) is 42.3 Å². The van der Waals surface area contributed by atoms with Crippen LogP contribution >= 0.6 is 7.92 Å². The monoisotopic (exact) mass is 218 g/mol. The molecule has 0 N–H and O–H groups in total. The molecule has 15 heavy (non-hydrogen) atoms. The number of fused-ring (bicyclic) bond motifs is 2. The van der Waals surface area contributed by atoms with Crippen LogP contribution in [-0.2, 0) is 0 Å². The average Bonchev–Trinajstić information content (AvgIpc) is 2.53. The Bertz CT molecular complexity index is 305. The topological polar surface area (TPSA) is 0 Å². The van der Waals surface area contributed by atoms with Gasteiger partial charge in [0.2, 0.25) is 0 Å². The summed E-state index contributed by atoms with van der Waals surface area (Å²) in [4.78, 5) is 0. The van der Waals surface area contributed by atoms with E-state index in [9.17, 15) is 0 Å². The van der Waals surface area contributed by atoms with E-state index in [1.165, 1.54) is 38.5 Å². The maximum Gasteiger partial charge on any atom is -0.0166 e. The maximum absolute atomic E-state index is 2.38. The standard InChI is InChI=1S/C14H19P/c1-2-6-12(7-3-1)15-13-8-4-5-9-14(15)11-10-13/h1-3,6-7,13-14H,4-5,8-11H2. The van der Waals surface area contributed by atoms with Gasteiger partial charge in [0.05, 0.1) is 0 Å². The molecule has 0 amide bonds. The van der Waals surface area contributed by atoms with Crippen molar-refractivity contribution in [3.8, 4) is 0 Å². The molecule has 2 saturated heterocycles. The molecule has 2 heterocycles. The van der Waals surface area contributed by atoms with Gasteiger partial charge in [-0.15, -0.1) is 0 Å². The quantitative estimate of drug-likeness (QED) is 0.627. The molecule has 0 aliphatic carbocycles. The summed E-state index contributed by atoms with van der Waals surface area (Å²) in [6.07, 6.45) is 9.05. The Balaban J connectivity index is 1.91. The Morgan fingerprint density at radius 3 is 2.00 bits per heavy atom. The Morgan fingerprint density at radius 2 is 1.40 bits per heavy atom. The highest BCUT2D eigenvalue weighted by molar-refractivity contribution is 7.67. The van der Waals surface area contributed by atoms with Gasteiger partial charge >= 0.3 is 0 Å². The van der Waals surface area contributed by atoms with E-state index in [1.807, 2.05) is 0 Å². The van der Waals surface area contributed by atoms with Crippen molar-refractivity contribution in [3.63, 3.8) is 0 Å². The summed E-state index contributed by atoms with van der Waals surface area (Å²) in [5.74, 6) is 0. The van der Waals surface area contributed by atoms with E-state index in [0.717, 1.165) is 11.3 Å². The zero-order valence-corrected chi connectivity index (χ0v) is 10.1. The second-order valence-corrected chi connectivity index (χ2v) is 7.70. The molecular weight excluding hydrogens is 199 g/mol. The summed E-state index contributed by atoms with van der Waals surface area (Å²) >= 11 is 0. The van der Waals surface area contributed by atoms with Crippen LogP contribution in [0.2, 0.25) is 0 Å². The third-order valence-corrected chi connectivity index (χ3v) is 7.50. The zero-order chi connectivity index (χ0) is 10.1. The summed E-state index contributed by atoms with van der Waals surface area (Å²) in [6.45, 7) is 0. The molecule has 1 aromatic rings. The van der Waals surface area contributed by atoms with Crippen molar-refractivity contribution in [1.29, 1.82) is 0 Å². The minimum atomic E-state index is 0.195. The first-order valence-corrected chi connectivity index (χ1v) is 7.76. The van der Waals surface area contributed by atoms with Crippen LogP contribution in [-0.4, -0.2) is 11.3 Å². The minimum Gasteiger partial charge on any atom is -0.0690 e. The van der Waals surface area contributed by atoms with E-state index >= 15 is 0 Å². The zero-order valence-electron chi connectivity index (χ0n) is 9.23. The van der Waals surface area contributed by atoms with E-state index < -0.39 is 0 Å². The molecule has 2 unspecified atom stereocenters. The molecule has 3 rings (SSSR count). The second kappa shape index (κ2) is 4.26. The van der Waals surface area contributed by atoms with Crippen molar-refractivity contribution >= 4 is 13.2 Å². The Kier molecular flexibility index (Phi) is 2.79. The molecule has 0 nitrogen and oxygen atoms in total. The first-order valence-electron chi connectivity index (χ1n) is 6.28. The van der Waals surface area contributed by atoms with Crippen LogP contribution in [0.25, 0.3) is 0 Å². The molecule has 0 radical (unpaired) electrons. The van der Waals surface area contributed by atoms with E-state index in [4.69, 9.17) is 0 Å².